The van der Waals surface area contributed by atoms with E-state index in [0.29, 0.717) is 17.4 Å². The van der Waals surface area contributed by atoms with Gasteiger partial charge in [0.05, 0.1) is 12.8 Å². The van der Waals surface area contributed by atoms with Crippen LogP contribution in [0.15, 0.2) is 53.6 Å². The summed E-state index contributed by atoms with van der Waals surface area (Å²) in [6, 6.07) is 14.5. The number of nitrogens with one attached hydrogen (secondary N) is 1. The second kappa shape index (κ2) is 11.2. The number of halogens is 1. The zero-order chi connectivity index (χ0) is 19.5. The highest BCUT2D eigenvalue weighted by Crippen LogP contribution is 2.19. The SMILES string of the molecule is CCCCCOc1ccc(OC(C)C(=O)N/N=C/c2ccccc2Cl)cc1. The van der Waals surface area contributed by atoms with Crippen molar-refractivity contribution in [2.75, 3.05) is 6.61 Å². The van der Waals surface area contributed by atoms with Crippen LogP contribution >= 0.6 is 11.6 Å². The lowest BCUT2D eigenvalue weighted by molar-refractivity contribution is -0.127. The third kappa shape index (κ3) is 7.31. The normalized spacial score (nSPS) is 12.0. The summed E-state index contributed by atoms with van der Waals surface area (Å²) in [7, 11) is 0. The molecule has 6 heteroatoms. The maximum absolute atomic E-state index is 12.1. The second-order valence-corrected chi connectivity index (χ2v) is 6.45. The first-order chi connectivity index (χ1) is 13.1. The highest BCUT2D eigenvalue weighted by molar-refractivity contribution is 6.33. The molecule has 2 rings (SSSR count). The Kier molecular flexibility index (Phi) is 8.65. The molecule has 2 aromatic rings. The number of rotatable bonds is 10. The van der Waals surface area contributed by atoms with E-state index < -0.39 is 6.10 Å². The zero-order valence-electron chi connectivity index (χ0n) is 15.7. The van der Waals surface area contributed by atoms with Crippen LogP contribution in [0.5, 0.6) is 11.5 Å². The van der Waals surface area contributed by atoms with Crippen molar-refractivity contribution in [3.05, 3.63) is 59.1 Å². The van der Waals surface area contributed by atoms with Gasteiger partial charge in [-0.25, -0.2) is 5.43 Å². The fourth-order valence-electron chi connectivity index (χ4n) is 2.25. The Morgan fingerprint density at radius 3 is 2.56 bits per heavy atom. The molecule has 144 valence electrons. The van der Waals surface area contributed by atoms with Gasteiger partial charge in [0.25, 0.3) is 5.91 Å². The fourth-order valence-corrected chi connectivity index (χ4v) is 2.43. The number of hydrazone groups is 1. The molecule has 0 aliphatic heterocycles. The van der Waals surface area contributed by atoms with Crippen molar-refractivity contribution in [1.29, 1.82) is 0 Å². The van der Waals surface area contributed by atoms with Crippen LogP contribution in [0, 0.1) is 0 Å². The summed E-state index contributed by atoms with van der Waals surface area (Å²) >= 11 is 6.03. The lowest BCUT2D eigenvalue weighted by Gasteiger charge is -2.13. The number of nitrogens with zero attached hydrogens (tertiary/aromatic N) is 1. The summed E-state index contributed by atoms with van der Waals surface area (Å²) in [5.74, 6) is 1.03. The Hall–Kier alpha value is -2.53. The highest BCUT2D eigenvalue weighted by Gasteiger charge is 2.14. The van der Waals surface area contributed by atoms with Crippen LogP contribution in [0.4, 0.5) is 0 Å². The minimum absolute atomic E-state index is 0.349. The standard InChI is InChI=1S/C21H25ClN2O3/c1-3-4-7-14-26-18-10-12-19(13-11-18)27-16(2)21(25)24-23-15-17-8-5-6-9-20(17)22/h5-6,8-13,15-16H,3-4,7,14H2,1-2H3,(H,24,25)/b23-15+. The van der Waals surface area contributed by atoms with Crippen molar-refractivity contribution >= 4 is 23.7 Å². The highest BCUT2D eigenvalue weighted by atomic mass is 35.5. The lowest BCUT2D eigenvalue weighted by Crippen LogP contribution is -2.33. The Labute approximate surface area is 165 Å². The van der Waals surface area contributed by atoms with Crippen molar-refractivity contribution in [2.45, 2.75) is 39.2 Å². The molecule has 2 aromatic carbocycles. The van der Waals surface area contributed by atoms with Crippen LogP contribution in [0.2, 0.25) is 5.02 Å². The summed E-state index contributed by atoms with van der Waals surface area (Å²) in [4.78, 5) is 12.1. The number of carbonyl (C=O) groups is 1. The van der Waals surface area contributed by atoms with Crippen molar-refractivity contribution in [2.24, 2.45) is 5.10 Å². The van der Waals surface area contributed by atoms with E-state index in [-0.39, 0.29) is 5.91 Å². The Balaban J connectivity index is 1.79. The number of ether oxygens (including phenoxy) is 2. The first kappa shape index (κ1) is 20.8. The molecule has 0 spiro atoms. The van der Waals surface area contributed by atoms with Gasteiger partial charge in [0.2, 0.25) is 0 Å². The number of unbranched alkanes of at least 4 members (excludes halogenated alkanes) is 2. The van der Waals surface area contributed by atoms with Crippen LogP contribution < -0.4 is 14.9 Å². The van der Waals surface area contributed by atoms with Gasteiger partial charge in [-0.1, -0.05) is 49.6 Å². The first-order valence-corrected chi connectivity index (χ1v) is 9.45. The van der Waals surface area contributed by atoms with E-state index in [1.165, 1.54) is 12.6 Å². The number of benzene rings is 2. The van der Waals surface area contributed by atoms with E-state index in [1.54, 1.807) is 25.1 Å². The third-order valence-corrected chi connectivity index (χ3v) is 4.15. The van der Waals surface area contributed by atoms with Gasteiger partial charge in [-0.3, -0.25) is 4.79 Å². The predicted octanol–water partition coefficient (Wildman–Crippen LogP) is 4.83. The smallest absolute Gasteiger partial charge is 0.280 e. The molecule has 1 N–H and O–H groups in total. The maximum atomic E-state index is 12.1. The Morgan fingerprint density at radius 1 is 1.15 bits per heavy atom. The molecule has 0 heterocycles. The van der Waals surface area contributed by atoms with Gasteiger partial charge < -0.3 is 9.47 Å². The summed E-state index contributed by atoms with van der Waals surface area (Å²) < 4.78 is 11.3. The maximum Gasteiger partial charge on any atom is 0.280 e. The molecule has 0 saturated heterocycles. The van der Waals surface area contributed by atoms with Gasteiger partial charge in [0, 0.05) is 10.6 Å². The molecular weight excluding hydrogens is 364 g/mol. The molecular formula is C21H25ClN2O3. The molecule has 0 aliphatic carbocycles. The van der Waals surface area contributed by atoms with Crippen LogP contribution in [0.25, 0.3) is 0 Å². The van der Waals surface area contributed by atoms with Crippen molar-refractivity contribution in [3.63, 3.8) is 0 Å². The monoisotopic (exact) mass is 388 g/mol. The molecule has 0 aromatic heterocycles. The molecule has 0 fully saturated rings. The number of carbonyl (C=O) groups excluding carboxylic acids is 1. The number of hydrogen-bond donors (Lipinski definition) is 1. The molecule has 0 aliphatic rings. The average Bonchev–Trinajstić information content (AvgIpc) is 2.68. The van der Waals surface area contributed by atoms with E-state index >= 15 is 0 Å². The van der Waals surface area contributed by atoms with Gasteiger partial charge in [-0.05, 0) is 43.7 Å². The van der Waals surface area contributed by atoms with Crippen LogP contribution in [0.1, 0.15) is 38.7 Å². The van der Waals surface area contributed by atoms with Gasteiger partial charge in [0.15, 0.2) is 6.10 Å². The predicted molar refractivity (Wildman–Crippen MR) is 109 cm³/mol. The average molecular weight is 389 g/mol. The van der Waals surface area contributed by atoms with Crippen LogP contribution in [-0.2, 0) is 4.79 Å². The molecule has 27 heavy (non-hydrogen) atoms. The molecule has 1 unspecified atom stereocenters. The van der Waals surface area contributed by atoms with Crippen molar-refractivity contribution < 1.29 is 14.3 Å². The number of hydrogen-bond acceptors (Lipinski definition) is 4. The molecule has 0 radical (unpaired) electrons. The minimum Gasteiger partial charge on any atom is -0.494 e. The molecule has 1 atom stereocenters. The van der Waals surface area contributed by atoms with E-state index in [4.69, 9.17) is 21.1 Å². The quantitative estimate of drug-likeness (QED) is 0.360. The molecule has 1 amide bonds. The van der Waals surface area contributed by atoms with Gasteiger partial charge in [-0.15, -0.1) is 0 Å². The Bertz CT molecular complexity index is 747. The van der Waals surface area contributed by atoms with Crippen LogP contribution in [-0.4, -0.2) is 24.8 Å². The Morgan fingerprint density at radius 2 is 1.85 bits per heavy atom. The van der Waals surface area contributed by atoms with Crippen LogP contribution in [0.3, 0.4) is 0 Å². The second-order valence-electron chi connectivity index (χ2n) is 6.04. The van der Waals surface area contributed by atoms with E-state index in [1.807, 2.05) is 30.3 Å². The van der Waals surface area contributed by atoms with Crippen molar-refractivity contribution in [3.8, 4) is 11.5 Å². The topological polar surface area (TPSA) is 59.9 Å². The molecule has 0 bridgehead atoms. The van der Waals surface area contributed by atoms with Gasteiger partial charge >= 0.3 is 0 Å². The van der Waals surface area contributed by atoms with Gasteiger partial charge in [-0.2, -0.15) is 5.10 Å². The van der Waals surface area contributed by atoms with E-state index in [2.05, 4.69) is 17.5 Å². The summed E-state index contributed by atoms with van der Waals surface area (Å²) in [5, 5.41) is 4.49. The number of amides is 1. The molecule has 0 saturated carbocycles. The fraction of sp³-hybridized carbons (Fsp3) is 0.333. The first-order valence-electron chi connectivity index (χ1n) is 9.07. The van der Waals surface area contributed by atoms with Gasteiger partial charge in [0.1, 0.15) is 11.5 Å². The van der Waals surface area contributed by atoms with E-state index in [0.717, 1.165) is 24.2 Å². The van der Waals surface area contributed by atoms with Crippen molar-refractivity contribution in [1.82, 2.24) is 5.43 Å². The largest absolute Gasteiger partial charge is 0.494 e. The summed E-state index contributed by atoms with van der Waals surface area (Å²) in [5.41, 5.74) is 3.18. The molecule has 5 nitrogen and oxygen atoms in total. The summed E-state index contributed by atoms with van der Waals surface area (Å²) in [6.07, 6.45) is 4.17. The summed E-state index contributed by atoms with van der Waals surface area (Å²) in [6.45, 7) is 4.53. The minimum atomic E-state index is -0.690. The zero-order valence-corrected chi connectivity index (χ0v) is 16.4. The van der Waals surface area contributed by atoms with E-state index in [9.17, 15) is 4.79 Å². The lowest BCUT2D eigenvalue weighted by atomic mass is 10.2. The third-order valence-electron chi connectivity index (χ3n) is 3.81.